The van der Waals surface area contributed by atoms with Gasteiger partial charge < -0.3 is 30.1 Å². The second kappa shape index (κ2) is 8.55. The fourth-order valence-corrected chi connectivity index (χ4v) is 4.27. The molecule has 1 aromatic heterocycles. The van der Waals surface area contributed by atoms with Gasteiger partial charge in [0.25, 0.3) is 0 Å². The number of likely N-dealkylation sites (N-methyl/N-ethyl adjacent to an activating group) is 1. The Kier molecular flexibility index (Phi) is 5.45. The summed E-state index contributed by atoms with van der Waals surface area (Å²) in [6.07, 6.45) is 1.83. The Balaban J connectivity index is 1.40. The fourth-order valence-electron chi connectivity index (χ4n) is 4.27. The van der Waals surface area contributed by atoms with Gasteiger partial charge in [-0.05, 0) is 30.8 Å². The third-order valence-corrected chi connectivity index (χ3v) is 6.21. The van der Waals surface area contributed by atoms with E-state index < -0.39 is 0 Å². The Labute approximate surface area is 188 Å². The Morgan fingerprint density at radius 1 is 1.03 bits per heavy atom. The number of methoxy groups -OCH3 is 1. The van der Waals surface area contributed by atoms with Crippen molar-refractivity contribution >= 4 is 34.5 Å². The summed E-state index contributed by atoms with van der Waals surface area (Å²) in [5.41, 5.74) is 5.28. The molecule has 5 rings (SSSR count). The second-order valence-corrected chi connectivity index (χ2v) is 8.27. The van der Waals surface area contributed by atoms with Gasteiger partial charge in [-0.3, -0.25) is 0 Å². The van der Waals surface area contributed by atoms with Crippen molar-refractivity contribution < 1.29 is 4.74 Å². The fraction of sp³-hybridized carbons (Fsp3) is 0.333. The van der Waals surface area contributed by atoms with Gasteiger partial charge in [0.15, 0.2) is 5.82 Å². The minimum absolute atomic E-state index is 0.530. The van der Waals surface area contributed by atoms with Crippen molar-refractivity contribution in [2.75, 3.05) is 67.8 Å². The van der Waals surface area contributed by atoms with Crippen LogP contribution in [0.1, 0.15) is 5.56 Å². The minimum atomic E-state index is 0.530. The number of rotatable bonds is 4. The van der Waals surface area contributed by atoms with Gasteiger partial charge in [0.1, 0.15) is 5.75 Å². The number of nitrogens with zero attached hydrogens (tertiary/aromatic N) is 5. The molecule has 32 heavy (non-hydrogen) atoms. The predicted octanol–water partition coefficient (Wildman–Crippen LogP) is 3.67. The van der Waals surface area contributed by atoms with E-state index in [9.17, 15) is 0 Å². The van der Waals surface area contributed by atoms with Crippen LogP contribution in [0.3, 0.4) is 0 Å². The van der Waals surface area contributed by atoms with Gasteiger partial charge in [-0.25, -0.2) is 4.98 Å². The number of anilines is 6. The number of piperazine rings is 1. The van der Waals surface area contributed by atoms with Crippen LogP contribution in [0.5, 0.6) is 5.75 Å². The zero-order valence-corrected chi connectivity index (χ0v) is 18.8. The molecule has 0 aliphatic carbocycles. The molecule has 8 heteroatoms. The maximum atomic E-state index is 5.69. The summed E-state index contributed by atoms with van der Waals surface area (Å²) in [7, 11) is 5.89. The highest BCUT2D eigenvalue weighted by atomic mass is 16.5. The summed E-state index contributed by atoms with van der Waals surface area (Å²) in [5.74, 6) is 2.14. The highest BCUT2D eigenvalue weighted by Crippen LogP contribution is 2.36. The number of para-hydroxylation sites is 1. The van der Waals surface area contributed by atoms with Crippen LogP contribution < -0.4 is 25.2 Å². The lowest BCUT2D eigenvalue weighted by molar-refractivity contribution is 0.312. The van der Waals surface area contributed by atoms with E-state index in [4.69, 9.17) is 9.72 Å². The van der Waals surface area contributed by atoms with E-state index in [1.807, 2.05) is 25.4 Å². The number of hydrogen-bond acceptors (Lipinski definition) is 8. The summed E-state index contributed by atoms with van der Waals surface area (Å²) in [6, 6.07) is 14.6. The summed E-state index contributed by atoms with van der Waals surface area (Å²) in [6.45, 7) is 4.90. The highest BCUT2D eigenvalue weighted by Gasteiger charge is 2.20. The SMILES string of the molecule is COc1cc(N2CCN(C)CC2)ccc1Nc1ncc2c(n1)N(C)c1ccccc1CN2. The maximum Gasteiger partial charge on any atom is 0.229 e. The van der Waals surface area contributed by atoms with E-state index in [1.165, 1.54) is 11.3 Å². The van der Waals surface area contributed by atoms with Crippen LogP contribution in [0.4, 0.5) is 34.5 Å². The van der Waals surface area contributed by atoms with Gasteiger partial charge in [-0.1, -0.05) is 18.2 Å². The van der Waals surface area contributed by atoms with Crippen molar-refractivity contribution in [3.8, 4) is 5.75 Å². The van der Waals surface area contributed by atoms with E-state index in [0.29, 0.717) is 5.95 Å². The Morgan fingerprint density at radius 2 is 1.84 bits per heavy atom. The van der Waals surface area contributed by atoms with Gasteiger partial charge in [0, 0.05) is 57.2 Å². The van der Waals surface area contributed by atoms with E-state index in [0.717, 1.165) is 61.4 Å². The zero-order chi connectivity index (χ0) is 22.1. The first-order valence-electron chi connectivity index (χ1n) is 10.9. The van der Waals surface area contributed by atoms with Gasteiger partial charge >= 0.3 is 0 Å². The van der Waals surface area contributed by atoms with Gasteiger partial charge in [0.2, 0.25) is 5.95 Å². The van der Waals surface area contributed by atoms with Crippen molar-refractivity contribution in [3.05, 3.63) is 54.2 Å². The van der Waals surface area contributed by atoms with Crippen LogP contribution >= 0.6 is 0 Å². The maximum absolute atomic E-state index is 5.69. The molecule has 0 atom stereocenters. The molecule has 1 fully saturated rings. The largest absolute Gasteiger partial charge is 0.494 e. The smallest absolute Gasteiger partial charge is 0.229 e. The molecule has 0 spiro atoms. The van der Waals surface area contributed by atoms with Crippen molar-refractivity contribution in [3.63, 3.8) is 0 Å². The number of hydrogen-bond donors (Lipinski definition) is 2. The summed E-state index contributed by atoms with van der Waals surface area (Å²) in [4.78, 5) is 16.2. The van der Waals surface area contributed by atoms with Crippen molar-refractivity contribution in [2.24, 2.45) is 0 Å². The first-order valence-corrected chi connectivity index (χ1v) is 10.9. The zero-order valence-electron chi connectivity index (χ0n) is 18.8. The van der Waals surface area contributed by atoms with Crippen LogP contribution in [0.2, 0.25) is 0 Å². The molecule has 1 saturated heterocycles. The first-order chi connectivity index (χ1) is 15.6. The van der Waals surface area contributed by atoms with E-state index in [1.54, 1.807) is 7.11 Å². The average Bonchev–Trinajstić information content (AvgIpc) is 2.97. The number of aromatic nitrogens is 2. The quantitative estimate of drug-likeness (QED) is 0.649. The lowest BCUT2D eigenvalue weighted by Gasteiger charge is -2.34. The van der Waals surface area contributed by atoms with E-state index >= 15 is 0 Å². The number of ether oxygens (including phenoxy) is 1. The monoisotopic (exact) mass is 431 g/mol. The molecule has 2 aliphatic heterocycles. The lowest BCUT2D eigenvalue weighted by atomic mass is 10.1. The Morgan fingerprint density at radius 3 is 2.66 bits per heavy atom. The third-order valence-electron chi connectivity index (χ3n) is 6.21. The number of fused-ring (bicyclic) bond motifs is 2. The van der Waals surface area contributed by atoms with Crippen LogP contribution in [0.15, 0.2) is 48.7 Å². The van der Waals surface area contributed by atoms with Crippen molar-refractivity contribution in [2.45, 2.75) is 6.54 Å². The molecule has 3 aromatic rings. The number of nitrogens with one attached hydrogen (secondary N) is 2. The Bertz CT molecular complexity index is 1110. The normalized spacial score (nSPS) is 16.0. The standard InChI is InChI=1S/C24H29N7O/c1-29-10-12-31(13-11-29)18-8-9-19(22(14-18)32-3)27-24-26-16-20-23(28-24)30(2)21-7-5-4-6-17(21)15-25-20/h4-9,14,16,25H,10-13,15H2,1-3H3,(H,26,27,28). The predicted molar refractivity (Wildman–Crippen MR) is 130 cm³/mol. The molecule has 2 aromatic carbocycles. The molecule has 0 amide bonds. The third kappa shape index (κ3) is 3.89. The van der Waals surface area contributed by atoms with Crippen LogP contribution in [0.25, 0.3) is 0 Å². The van der Waals surface area contributed by atoms with Gasteiger partial charge in [-0.2, -0.15) is 4.98 Å². The van der Waals surface area contributed by atoms with Crippen molar-refractivity contribution in [1.29, 1.82) is 0 Å². The van der Waals surface area contributed by atoms with E-state index in [2.05, 4.69) is 67.7 Å². The average molecular weight is 432 g/mol. The van der Waals surface area contributed by atoms with Crippen molar-refractivity contribution in [1.82, 2.24) is 14.9 Å². The van der Waals surface area contributed by atoms with Crippen LogP contribution in [-0.2, 0) is 6.54 Å². The molecule has 0 bridgehead atoms. The molecule has 0 saturated carbocycles. The van der Waals surface area contributed by atoms with E-state index in [-0.39, 0.29) is 0 Å². The lowest BCUT2D eigenvalue weighted by Crippen LogP contribution is -2.44. The Hall–Kier alpha value is -3.52. The van der Waals surface area contributed by atoms with Crippen LogP contribution in [0, 0.1) is 0 Å². The first kappa shape index (κ1) is 20.4. The molecule has 2 aliphatic rings. The molecular formula is C24H29N7O. The topological polar surface area (TPSA) is 68.8 Å². The summed E-state index contributed by atoms with van der Waals surface area (Å²) < 4.78 is 5.69. The van der Waals surface area contributed by atoms with Crippen LogP contribution in [-0.4, -0.2) is 62.3 Å². The van der Waals surface area contributed by atoms with Gasteiger partial charge in [0.05, 0.1) is 24.7 Å². The second-order valence-electron chi connectivity index (χ2n) is 8.27. The number of benzene rings is 2. The minimum Gasteiger partial charge on any atom is -0.494 e. The highest BCUT2D eigenvalue weighted by molar-refractivity contribution is 5.78. The molecular weight excluding hydrogens is 402 g/mol. The molecule has 0 unspecified atom stereocenters. The molecule has 166 valence electrons. The van der Waals surface area contributed by atoms with Gasteiger partial charge in [-0.15, -0.1) is 0 Å². The molecule has 8 nitrogen and oxygen atoms in total. The molecule has 0 radical (unpaired) electrons. The molecule has 3 heterocycles. The molecule has 2 N–H and O–H groups in total. The summed E-state index contributed by atoms with van der Waals surface area (Å²) >= 11 is 0. The summed E-state index contributed by atoms with van der Waals surface area (Å²) in [5, 5.41) is 6.79.